The third-order valence-electron chi connectivity index (χ3n) is 3.66. The summed E-state index contributed by atoms with van der Waals surface area (Å²) in [5.74, 6) is -0.133. The number of allylic oxidation sites excluding steroid dienone is 1. The van der Waals surface area contributed by atoms with Gasteiger partial charge in [0.2, 0.25) is 5.91 Å². The second-order valence-electron chi connectivity index (χ2n) is 5.16. The molecule has 2 aromatic rings. The Balaban J connectivity index is 2.40. The summed E-state index contributed by atoms with van der Waals surface area (Å²) in [6, 6.07) is 18.6. The van der Waals surface area contributed by atoms with Crippen LogP contribution in [0.1, 0.15) is 30.2 Å². The van der Waals surface area contributed by atoms with E-state index in [2.05, 4.69) is 0 Å². The van der Waals surface area contributed by atoms with Gasteiger partial charge in [-0.3, -0.25) is 4.79 Å². The molecule has 0 bridgehead atoms. The molecule has 0 aliphatic carbocycles. The van der Waals surface area contributed by atoms with Crippen molar-refractivity contribution >= 4 is 5.91 Å². The molecule has 114 valence electrons. The number of hydrogen-bond acceptors (Lipinski definition) is 2. The fraction of sp³-hybridized carbons (Fsp3) is 0.211. The van der Waals surface area contributed by atoms with Crippen LogP contribution < -0.4 is 0 Å². The van der Waals surface area contributed by atoms with E-state index >= 15 is 0 Å². The molecule has 0 saturated heterocycles. The molecule has 1 amide bonds. The first-order valence-electron chi connectivity index (χ1n) is 7.32. The molecule has 0 unspecified atom stereocenters. The summed E-state index contributed by atoms with van der Waals surface area (Å²) in [5, 5.41) is 10.8. The number of hydrogen-bond donors (Lipinski definition) is 1. The van der Waals surface area contributed by atoms with Crippen molar-refractivity contribution in [1.82, 2.24) is 4.90 Å². The SMILES string of the molecule is C/C=C/C(=O)N(C)[C@H](c1ccccc1)[C@H](O)c1ccccc1. The molecule has 0 saturated carbocycles. The van der Waals surface area contributed by atoms with Crippen molar-refractivity contribution in [2.45, 2.75) is 19.1 Å². The van der Waals surface area contributed by atoms with Crippen LogP contribution in [-0.4, -0.2) is 23.0 Å². The minimum atomic E-state index is -0.789. The van der Waals surface area contributed by atoms with Gasteiger partial charge in [-0.1, -0.05) is 66.7 Å². The Kier molecular flexibility index (Phi) is 5.50. The van der Waals surface area contributed by atoms with Crippen molar-refractivity contribution in [1.29, 1.82) is 0 Å². The summed E-state index contributed by atoms with van der Waals surface area (Å²) in [4.78, 5) is 13.8. The van der Waals surface area contributed by atoms with E-state index in [0.717, 1.165) is 11.1 Å². The van der Waals surface area contributed by atoms with Crippen molar-refractivity contribution in [3.05, 3.63) is 83.9 Å². The largest absolute Gasteiger partial charge is 0.386 e. The maximum absolute atomic E-state index is 12.2. The molecular formula is C19H21NO2. The fourth-order valence-electron chi connectivity index (χ4n) is 2.50. The zero-order chi connectivity index (χ0) is 15.9. The van der Waals surface area contributed by atoms with Gasteiger partial charge in [-0.2, -0.15) is 0 Å². The van der Waals surface area contributed by atoms with Crippen molar-refractivity contribution in [3.63, 3.8) is 0 Å². The molecular weight excluding hydrogens is 274 g/mol. The normalized spacial score (nSPS) is 13.8. The second kappa shape index (κ2) is 7.57. The van der Waals surface area contributed by atoms with Gasteiger partial charge >= 0.3 is 0 Å². The van der Waals surface area contributed by atoms with E-state index in [1.807, 2.05) is 60.7 Å². The Morgan fingerprint density at radius 3 is 2.00 bits per heavy atom. The molecule has 0 aliphatic rings. The predicted octanol–water partition coefficient (Wildman–Crippen LogP) is 3.50. The van der Waals surface area contributed by atoms with Crippen LogP contribution in [0.15, 0.2) is 72.8 Å². The first-order chi connectivity index (χ1) is 10.6. The highest BCUT2D eigenvalue weighted by molar-refractivity contribution is 5.87. The lowest BCUT2D eigenvalue weighted by Crippen LogP contribution is -2.33. The zero-order valence-corrected chi connectivity index (χ0v) is 12.9. The van der Waals surface area contributed by atoms with E-state index in [0.29, 0.717) is 0 Å². The van der Waals surface area contributed by atoms with Gasteiger partial charge in [0.1, 0.15) is 6.10 Å². The van der Waals surface area contributed by atoms with E-state index in [1.54, 1.807) is 24.9 Å². The maximum atomic E-state index is 12.2. The van der Waals surface area contributed by atoms with Crippen LogP contribution in [0, 0.1) is 0 Å². The Labute approximate surface area is 131 Å². The van der Waals surface area contributed by atoms with E-state index in [9.17, 15) is 9.90 Å². The first-order valence-corrected chi connectivity index (χ1v) is 7.32. The number of benzene rings is 2. The summed E-state index contributed by atoms with van der Waals surface area (Å²) >= 11 is 0. The standard InChI is InChI=1S/C19H21NO2/c1-3-10-17(21)20(2)18(15-11-6-4-7-12-15)19(22)16-13-8-5-9-14-16/h3-14,18-19,22H,1-2H3/b10-3+/t18-,19-/m1/s1. The summed E-state index contributed by atoms with van der Waals surface area (Å²) in [6.45, 7) is 1.80. The van der Waals surface area contributed by atoms with Crippen molar-refractivity contribution in [3.8, 4) is 0 Å². The van der Waals surface area contributed by atoms with Crippen LogP contribution >= 0.6 is 0 Å². The lowest BCUT2D eigenvalue weighted by Gasteiger charge is -2.32. The van der Waals surface area contributed by atoms with Gasteiger partial charge in [0, 0.05) is 7.05 Å². The molecule has 0 aliphatic heterocycles. The van der Waals surface area contributed by atoms with Crippen LogP contribution in [-0.2, 0) is 4.79 Å². The Morgan fingerprint density at radius 2 is 1.50 bits per heavy atom. The van der Waals surface area contributed by atoms with Gasteiger partial charge in [-0.25, -0.2) is 0 Å². The molecule has 0 heterocycles. The number of rotatable bonds is 5. The Morgan fingerprint density at radius 1 is 1.00 bits per heavy atom. The minimum Gasteiger partial charge on any atom is -0.386 e. The average Bonchev–Trinajstić information content (AvgIpc) is 2.57. The molecule has 2 rings (SSSR count). The van der Waals surface area contributed by atoms with Crippen molar-refractivity contribution in [2.24, 2.45) is 0 Å². The molecule has 0 radical (unpaired) electrons. The minimum absolute atomic E-state index is 0.133. The summed E-state index contributed by atoms with van der Waals surface area (Å²) in [5.41, 5.74) is 1.69. The number of aliphatic hydroxyl groups excluding tert-OH is 1. The lowest BCUT2D eigenvalue weighted by atomic mass is 9.94. The lowest BCUT2D eigenvalue weighted by molar-refractivity contribution is -0.129. The van der Waals surface area contributed by atoms with E-state index in [1.165, 1.54) is 6.08 Å². The van der Waals surface area contributed by atoms with Gasteiger partial charge in [0.15, 0.2) is 0 Å². The molecule has 0 aromatic heterocycles. The fourth-order valence-corrected chi connectivity index (χ4v) is 2.50. The maximum Gasteiger partial charge on any atom is 0.246 e. The highest BCUT2D eigenvalue weighted by Gasteiger charge is 2.28. The molecule has 2 atom stereocenters. The molecule has 2 aromatic carbocycles. The highest BCUT2D eigenvalue weighted by Crippen LogP contribution is 2.33. The Hall–Kier alpha value is -2.39. The Bertz CT molecular complexity index is 622. The quantitative estimate of drug-likeness (QED) is 0.858. The van der Waals surface area contributed by atoms with E-state index in [4.69, 9.17) is 0 Å². The number of carbonyl (C=O) groups excluding carboxylic acids is 1. The van der Waals surface area contributed by atoms with Gasteiger partial charge in [0.05, 0.1) is 6.04 Å². The second-order valence-corrected chi connectivity index (χ2v) is 5.16. The van der Waals surface area contributed by atoms with Crippen LogP contribution in [0.2, 0.25) is 0 Å². The van der Waals surface area contributed by atoms with Gasteiger partial charge in [0.25, 0.3) is 0 Å². The summed E-state index contributed by atoms with van der Waals surface area (Å²) < 4.78 is 0. The summed E-state index contributed by atoms with van der Waals surface area (Å²) in [6.07, 6.45) is 2.42. The van der Waals surface area contributed by atoms with E-state index in [-0.39, 0.29) is 5.91 Å². The summed E-state index contributed by atoms with van der Waals surface area (Å²) in [7, 11) is 1.71. The van der Waals surface area contributed by atoms with Crippen LogP contribution in [0.3, 0.4) is 0 Å². The topological polar surface area (TPSA) is 40.5 Å². The monoisotopic (exact) mass is 295 g/mol. The third-order valence-corrected chi connectivity index (χ3v) is 3.66. The third kappa shape index (κ3) is 3.62. The molecule has 1 N–H and O–H groups in total. The number of likely N-dealkylation sites (N-methyl/N-ethyl adjacent to an activating group) is 1. The molecule has 22 heavy (non-hydrogen) atoms. The predicted molar refractivity (Wildman–Crippen MR) is 88.2 cm³/mol. The van der Waals surface area contributed by atoms with Crippen molar-refractivity contribution in [2.75, 3.05) is 7.05 Å². The average molecular weight is 295 g/mol. The number of aliphatic hydroxyl groups is 1. The van der Waals surface area contributed by atoms with Gasteiger partial charge in [-0.05, 0) is 24.1 Å². The number of amides is 1. The zero-order valence-electron chi connectivity index (χ0n) is 12.9. The van der Waals surface area contributed by atoms with Crippen molar-refractivity contribution < 1.29 is 9.90 Å². The van der Waals surface area contributed by atoms with Gasteiger partial charge < -0.3 is 10.0 Å². The highest BCUT2D eigenvalue weighted by atomic mass is 16.3. The van der Waals surface area contributed by atoms with Crippen LogP contribution in [0.25, 0.3) is 0 Å². The molecule has 0 spiro atoms. The number of carbonyl (C=O) groups is 1. The molecule has 3 nitrogen and oxygen atoms in total. The number of nitrogens with zero attached hydrogens (tertiary/aromatic N) is 1. The van der Waals surface area contributed by atoms with Crippen LogP contribution in [0.4, 0.5) is 0 Å². The van der Waals surface area contributed by atoms with Crippen LogP contribution in [0.5, 0.6) is 0 Å². The molecule has 0 fully saturated rings. The van der Waals surface area contributed by atoms with Gasteiger partial charge in [-0.15, -0.1) is 0 Å². The smallest absolute Gasteiger partial charge is 0.246 e. The van der Waals surface area contributed by atoms with E-state index < -0.39 is 12.1 Å². The first kappa shape index (κ1) is 16.0. The molecule has 3 heteroatoms.